The Morgan fingerprint density at radius 3 is 2.69 bits per heavy atom. The molecule has 0 radical (unpaired) electrons. The molecule has 0 spiro atoms. The largest absolute Gasteiger partial charge is 0.481 e. The number of aliphatic carboxylic acids is 1. The highest BCUT2D eigenvalue weighted by molar-refractivity contribution is 5.91. The summed E-state index contributed by atoms with van der Waals surface area (Å²) in [5.41, 5.74) is 0.481. The van der Waals surface area contributed by atoms with E-state index in [1.807, 2.05) is 6.08 Å². The molecule has 4 aliphatic carbocycles. The quantitative estimate of drug-likeness (QED) is 0.791. The van der Waals surface area contributed by atoms with Gasteiger partial charge in [-0.25, -0.2) is 0 Å². The van der Waals surface area contributed by atoms with Gasteiger partial charge in [0.15, 0.2) is 5.78 Å². The summed E-state index contributed by atoms with van der Waals surface area (Å²) in [5.74, 6) is 1.89. The summed E-state index contributed by atoms with van der Waals surface area (Å²) in [6.45, 7) is 2.19. The number of fused-ring (bicyclic) bond motifs is 5. The van der Waals surface area contributed by atoms with Gasteiger partial charge in [-0.15, -0.1) is 0 Å². The summed E-state index contributed by atoms with van der Waals surface area (Å²) in [5, 5.41) is 20.7. The van der Waals surface area contributed by atoms with Gasteiger partial charge >= 0.3 is 5.97 Å². The van der Waals surface area contributed by atoms with Crippen LogP contribution in [0.25, 0.3) is 0 Å². The number of carboxylic acid groups (broad SMARTS) is 1. The number of hydrogen-bond acceptors (Lipinski definition) is 3. The molecule has 0 aromatic carbocycles. The average Bonchev–Trinajstić information content (AvgIpc) is 2.93. The van der Waals surface area contributed by atoms with Crippen molar-refractivity contribution in [1.82, 2.24) is 0 Å². The lowest BCUT2D eigenvalue weighted by molar-refractivity contribution is -0.148. The first-order valence-corrected chi connectivity index (χ1v) is 10.6. The van der Waals surface area contributed by atoms with Gasteiger partial charge < -0.3 is 10.2 Å². The standard InChI is InChI=1S/C22H32O4/c1-2-21-10-7-17-16-6-4-15(23)13-14(16)3-5-18(17)19(21)8-11-22(21,26)12-9-20(24)25/h13,16-19,26H,2-12H2,1H3,(H,24,25)/t16?,17?,18?,19?,21?,22-/m1/s1. The van der Waals surface area contributed by atoms with Gasteiger partial charge in [0.25, 0.3) is 0 Å². The van der Waals surface area contributed by atoms with Crippen LogP contribution in [0.4, 0.5) is 0 Å². The Labute approximate surface area is 156 Å². The third-order valence-electron chi connectivity index (χ3n) is 8.69. The Morgan fingerprint density at radius 1 is 1.15 bits per heavy atom. The maximum absolute atomic E-state index is 11.8. The highest BCUT2D eigenvalue weighted by Gasteiger charge is 2.63. The second-order valence-corrected chi connectivity index (χ2v) is 9.32. The van der Waals surface area contributed by atoms with Crippen LogP contribution in [-0.4, -0.2) is 27.6 Å². The van der Waals surface area contributed by atoms with Crippen LogP contribution < -0.4 is 0 Å². The number of aliphatic hydroxyl groups is 1. The summed E-state index contributed by atoms with van der Waals surface area (Å²) in [6.07, 6.45) is 11.2. The Hall–Kier alpha value is -1.16. The highest BCUT2D eigenvalue weighted by atomic mass is 16.4. The van der Waals surface area contributed by atoms with Gasteiger partial charge in [-0.2, -0.15) is 0 Å². The number of allylic oxidation sites excluding steroid dienone is 1. The average molecular weight is 360 g/mol. The van der Waals surface area contributed by atoms with E-state index in [-0.39, 0.29) is 11.8 Å². The molecule has 0 heterocycles. The SMILES string of the molecule is CCC12CCC3C4CCC(=O)C=C4CCC3C1CC[C@@]2(O)CCC(=O)O. The number of carbonyl (C=O) groups excluding carboxylic acids is 1. The van der Waals surface area contributed by atoms with E-state index in [9.17, 15) is 14.7 Å². The molecule has 4 aliphatic rings. The molecule has 4 rings (SSSR count). The molecule has 3 fully saturated rings. The van der Waals surface area contributed by atoms with Crippen LogP contribution >= 0.6 is 0 Å². The fourth-order valence-corrected chi connectivity index (χ4v) is 7.56. The van der Waals surface area contributed by atoms with E-state index in [0.29, 0.717) is 42.3 Å². The first-order valence-electron chi connectivity index (χ1n) is 10.6. The molecular formula is C22H32O4. The summed E-state index contributed by atoms with van der Waals surface area (Å²) in [7, 11) is 0. The van der Waals surface area contributed by atoms with Crippen LogP contribution in [-0.2, 0) is 9.59 Å². The van der Waals surface area contributed by atoms with Crippen molar-refractivity contribution in [2.24, 2.45) is 29.1 Å². The molecule has 144 valence electrons. The first kappa shape index (κ1) is 18.2. The second kappa shape index (κ2) is 6.47. The van der Waals surface area contributed by atoms with Crippen molar-refractivity contribution in [3.63, 3.8) is 0 Å². The van der Waals surface area contributed by atoms with Crippen molar-refractivity contribution >= 4 is 11.8 Å². The molecule has 5 unspecified atom stereocenters. The summed E-state index contributed by atoms with van der Waals surface area (Å²) in [4.78, 5) is 22.9. The van der Waals surface area contributed by atoms with Gasteiger partial charge in [0.2, 0.25) is 0 Å². The molecule has 2 N–H and O–H groups in total. The van der Waals surface area contributed by atoms with Crippen molar-refractivity contribution < 1.29 is 19.8 Å². The molecule has 4 heteroatoms. The lowest BCUT2D eigenvalue weighted by Gasteiger charge is -2.57. The zero-order chi connectivity index (χ0) is 18.5. The van der Waals surface area contributed by atoms with Crippen molar-refractivity contribution in [2.75, 3.05) is 0 Å². The molecule has 0 saturated heterocycles. The van der Waals surface area contributed by atoms with Gasteiger partial charge in [-0.1, -0.05) is 12.5 Å². The zero-order valence-electron chi connectivity index (χ0n) is 15.9. The minimum absolute atomic E-state index is 0.0662. The molecule has 0 aromatic heterocycles. The van der Waals surface area contributed by atoms with Crippen LogP contribution in [0.3, 0.4) is 0 Å². The van der Waals surface area contributed by atoms with Gasteiger partial charge in [-0.05, 0) is 87.5 Å². The summed E-state index contributed by atoms with van der Waals surface area (Å²) in [6, 6.07) is 0. The molecule has 0 aliphatic heterocycles. The van der Waals surface area contributed by atoms with Crippen LogP contribution in [0.15, 0.2) is 11.6 Å². The van der Waals surface area contributed by atoms with E-state index in [4.69, 9.17) is 5.11 Å². The van der Waals surface area contributed by atoms with E-state index in [1.54, 1.807) is 0 Å². The van der Waals surface area contributed by atoms with Crippen LogP contribution in [0.1, 0.15) is 77.6 Å². The Kier molecular flexibility index (Phi) is 4.53. The van der Waals surface area contributed by atoms with Crippen molar-refractivity contribution in [3.05, 3.63) is 11.6 Å². The minimum Gasteiger partial charge on any atom is -0.481 e. The van der Waals surface area contributed by atoms with Gasteiger partial charge in [0, 0.05) is 18.3 Å². The Bertz CT molecular complexity index is 638. The van der Waals surface area contributed by atoms with Gasteiger partial charge in [0.05, 0.1) is 5.60 Å². The van der Waals surface area contributed by atoms with Crippen LogP contribution in [0.2, 0.25) is 0 Å². The molecule has 0 aromatic rings. The lowest BCUT2D eigenvalue weighted by Crippen LogP contribution is -2.54. The summed E-state index contributed by atoms with van der Waals surface area (Å²) < 4.78 is 0. The van der Waals surface area contributed by atoms with E-state index in [2.05, 4.69) is 6.92 Å². The zero-order valence-corrected chi connectivity index (χ0v) is 15.9. The van der Waals surface area contributed by atoms with Crippen molar-refractivity contribution in [1.29, 1.82) is 0 Å². The second-order valence-electron chi connectivity index (χ2n) is 9.32. The fourth-order valence-electron chi connectivity index (χ4n) is 7.56. The topological polar surface area (TPSA) is 74.6 Å². The number of ketones is 1. The summed E-state index contributed by atoms with van der Waals surface area (Å²) >= 11 is 0. The lowest BCUT2D eigenvalue weighted by atomic mass is 9.49. The van der Waals surface area contributed by atoms with E-state index < -0.39 is 11.6 Å². The Balaban J connectivity index is 1.60. The molecular weight excluding hydrogens is 328 g/mol. The number of rotatable bonds is 4. The maximum atomic E-state index is 11.8. The predicted octanol–water partition coefficient (Wildman–Crippen LogP) is 4.11. The van der Waals surface area contributed by atoms with Crippen LogP contribution in [0.5, 0.6) is 0 Å². The van der Waals surface area contributed by atoms with Crippen molar-refractivity contribution in [3.8, 4) is 0 Å². The molecule has 26 heavy (non-hydrogen) atoms. The Morgan fingerprint density at radius 2 is 1.96 bits per heavy atom. The molecule has 0 amide bonds. The fraction of sp³-hybridized carbons (Fsp3) is 0.818. The third-order valence-corrected chi connectivity index (χ3v) is 8.69. The van der Waals surface area contributed by atoms with Crippen molar-refractivity contribution in [2.45, 2.75) is 83.2 Å². The van der Waals surface area contributed by atoms with Gasteiger partial charge in [0.1, 0.15) is 0 Å². The van der Waals surface area contributed by atoms with E-state index in [1.165, 1.54) is 5.57 Å². The van der Waals surface area contributed by atoms with Crippen LogP contribution in [0, 0.1) is 29.1 Å². The third kappa shape index (κ3) is 2.59. The predicted molar refractivity (Wildman–Crippen MR) is 98.5 cm³/mol. The number of carbonyl (C=O) groups is 2. The molecule has 4 nitrogen and oxygen atoms in total. The number of carboxylic acids is 1. The molecule has 3 saturated carbocycles. The first-order chi connectivity index (χ1) is 12.4. The normalized spacial score (nSPS) is 44.7. The maximum Gasteiger partial charge on any atom is 0.303 e. The minimum atomic E-state index is -0.811. The molecule has 6 atom stereocenters. The van der Waals surface area contributed by atoms with E-state index >= 15 is 0 Å². The molecule has 0 bridgehead atoms. The van der Waals surface area contributed by atoms with Gasteiger partial charge in [-0.3, -0.25) is 9.59 Å². The number of hydrogen-bond donors (Lipinski definition) is 2. The van der Waals surface area contributed by atoms with E-state index in [0.717, 1.165) is 51.4 Å². The monoisotopic (exact) mass is 360 g/mol. The highest BCUT2D eigenvalue weighted by Crippen LogP contribution is 2.67. The smallest absolute Gasteiger partial charge is 0.303 e.